The molecule has 0 saturated heterocycles. The van der Waals surface area contributed by atoms with Gasteiger partial charge in [-0.2, -0.15) is 0 Å². The maximum absolute atomic E-state index is 7.18. The maximum Gasteiger partial charge on any atom is 0.165 e. The highest BCUT2D eigenvalue weighted by atomic mass is 16.6. The zero-order valence-corrected chi connectivity index (χ0v) is 31.9. The van der Waals surface area contributed by atoms with Gasteiger partial charge >= 0.3 is 0 Å². The van der Waals surface area contributed by atoms with Crippen molar-refractivity contribution in [2.75, 3.05) is 4.90 Å². The molecular weight excluding hydrogens is 707 g/mol. The van der Waals surface area contributed by atoms with Gasteiger partial charge in [-0.25, -0.2) is 0 Å². The van der Waals surface area contributed by atoms with Crippen LogP contribution in [-0.4, -0.2) is 12.2 Å². The summed E-state index contributed by atoms with van der Waals surface area (Å²) in [5.74, 6) is 1.57. The molecule has 3 nitrogen and oxygen atoms in total. The highest BCUT2D eigenvalue weighted by molar-refractivity contribution is 5.96. The zero-order chi connectivity index (χ0) is 38.2. The van der Waals surface area contributed by atoms with Gasteiger partial charge in [-0.1, -0.05) is 152 Å². The molecule has 5 aliphatic rings. The van der Waals surface area contributed by atoms with E-state index >= 15 is 0 Å². The van der Waals surface area contributed by atoms with Crippen molar-refractivity contribution < 1.29 is 9.47 Å². The van der Waals surface area contributed by atoms with Gasteiger partial charge in [0.1, 0.15) is 0 Å². The average Bonchev–Trinajstić information content (AvgIpc) is 3.75. The van der Waals surface area contributed by atoms with Crippen molar-refractivity contribution in [3.05, 3.63) is 234 Å². The summed E-state index contributed by atoms with van der Waals surface area (Å²) in [5.41, 5.74) is 17.8. The minimum atomic E-state index is -0.446. The number of hydrogen-bond acceptors (Lipinski definition) is 3. The Morgan fingerprint density at radius 2 is 1.16 bits per heavy atom. The van der Waals surface area contributed by atoms with Gasteiger partial charge in [0.05, 0.1) is 11.1 Å². The number of rotatable bonds is 5. The van der Waals surface area contributed by atoms with Crippen molar-refractivity contribution in [3.8, 4) is 44.9 Å². The Morgan fingerprint density at radius 1 is 0.517 bits per heavy atom. The van der Waals surface area contributed by atoms with E-state index < -0.39 is 5.41 Å². The van der Waals surface area contributed by atoms with E-state index in [2.05, 4.69) is 205 Å². The standard InChI is InChI=1S/C55H39NO2/c1-3-19-38(20-4-1)56(39-21-5-2-6-22-39)50-31-14-10-23-40(50)36-17-15-18-37(33-36)41-27-16-32-51-54(41)58-53-35-49-45(34-52(53)57-51)44-26-9-13-30-48(44)55(49)46-28-11-7-24-42(46)43-25-8-12-29-47(43)55/h1,3-5,7-35,51,54H,2,6H2. The van der Waals surface area contributed by atoms with E-state index in [1.807, 2.05) is 0 Å². The first kappa shape index (κ1) is 33.1. The number of fused-ring (bicyclic) bond motifs is 12. The van der Waals surface area contributed by atoms with Crippen LogP contribution in [0.1, 0.15) is 40.7 Å². The minimum Gasteiger partial charge on any atom is -0.478 e. The van der Waals surface area contributed by atoms with Crippen LogP contribution in [0.3, 0.4) is 0 Å². The molecule has 0 radical (unpaired) electrons. The fourth-order valence-electron chi connectivity index (χ4n) is 10.2. The largest absolute Gasteiger partial charge is 0.478 e. The molecule has 1 spiro atoms. The van der Waals surface area contributed by atoms with Gasteiger partial charge in [-0.15, -0.1) is 0 Å². The van der Waals surface area contributed by atoms with Gasteiger partial charge in [0.25, 0.3) is 0 Å². The SMILES string of the molecule is C1=CC2Oc3cc4c(cc3OC2C(c2cccc(-c3ccccc3N(C3=CCCC=C3)c3ccccc3)c2)=C1)C1(c2ccccc2-c2ccccc21)c1ccccc1-4. The van der Waals surface area contributed by atoms with Crippen LogP contribution in [-0.2, 0) is 5.41 Å². The Morgan fingerprint density at radius 3 is 1.88 bits per heavy atom. The van der Waals surface area contributed by atoms with Crippen LogP contribution >= 0.6 is 0 Å². The minimum absolute atomic E-state index is 0.265. The molecule has 2 unspecified atom stereocenters. The molecule has 276 valence electrons. The van der Waals surface area contributed by atoms with Gasteiger partial charge < -0.3 is 14.4 Å². The summed E-state index contributed by atoms with van der Waals surface area (Å²) in [5, 5.41) is 0. The third-order valence-corrected chi connectivity index (χ3v) is 12.7. The van der Waals surface area contributed by atoms with E-state index in [1.54, 1.807) is 0 Å². The number of nitrogens with zero attached hydrogens (tertiary/aromatic N) is 1. The molecule has 0 amide bonds. The number of hydrogen-bond donors (Lipinski definition) is 0. The van der Waals surface area contributed by atoms with Crippen molar-refractivity contribution in [1.29, 1.82) is 0 Å². The molecule has 1 heterocycles. The molecule has 0 saturated carbocycles. The van der Waals surface area contributed by atoms with Crippen LogP contribution in [0, 0.1) is 0 Å². The Bertz CT molecular complexity index is 2890. The van der Waals surface area contributed by atoms with Crippen LogP contribution in [0.5, 0.6) is 11.5 Å². The molecule has 1 aliphatic heterocycles. The van der Waals surface area contributed by atoms with Crippen molar-refractivity contribution in [3.63, 3.8) is 0 Å². The number of allylic oxidation sites excluding steroid dienone is 5. The second-order valence-electron chi connectivity index (χ2n) is 15.7. The van der Waals surface area contributed by atoms with Crippen LogP contribution in [0.15, 0.2) is 206 Å². The molecule has 7 aromatic rings. The summed E-state index contributed by atoms with van der Waals surface area (Å²) < 4.78 is 14.1. The predicted octanol–water partition coefficient (Wildman–Crippen LogP) is 13.2. The first-order valence-corrected chi connectivity index (χ1v) is 20.4. The highest BCUT2D eigenvalue weighted by Gasteiger charge is 2.52. The second-order valence-corrected chi connectivity index (χ2v) is 15.7. The monoisotopic (exact) mass is 745 g/mol. The molecule has 12 rings (SSSR count). The summed E-state index contributed by atoms with van der Waals surface area (Å²) in [7, 11) is 0. The van der Waals surface area contributed by atoms with Crippen molar-refractivity contribution in [1.82, 2.24) is 0 Å². The molecule has 0 bridgehead atoms. The van der Waals surface area contributed by atoms with E-state index in [1.165, 1.54) is 55.8 Å². The Labute approximate surface area is 339 Å². The molecular formula is C55H39NO2. The summed E-state index contributed by atoms with van der Waals surface area (Å²) in [6.07, 6.45) is 14.8. The number of benzene rings is 7. The molecule has 4 aliphatic carbocycles. The van der Waals surface area contributed by atoms with Gasteiger partial charge in [-0.3, -0.25) is 0 Å². The third kappa shape index (κ3) is 4.80. The fourth-order valence-corrected chi connectivity index (χ4v) is 10.2. The first-order valence-electron chi connectivity index (χ1n) is 20.4. The third-order valence-electron chi connectivity index (χ3n) is 12.7. The lowest BCUT2D eigenvalue weighted by Crippen LogP contribution is -2.40. The van der Waals surface area contributed by atoms with Crippen molar-refractivity contribution in [2.24, 2.45) is 0 Å². The molecule has 7 aromatic carbocycles. The summed E-state index contributed by atoms with van der Waals surface area (Å²) in [6.45, 7) is 0. The Kier molecular flexibility index (Phi) is 7.40. The molecule has 3 heteroatoms. The molecule has 2 atom stereocenters. The van der Waals surface area contributed by atoms with E-state index in [0.29, 0.717) is 0 Å². The van der Waals surface area contributed by atoms with E-state index in [9.17, 15) is 0 Å². The lowest BCUT2D eigenvalue weighted by molar-refractivity contribution is 0.0815. The van der Waals surface area contributed by atoms with Crippen LogP contribution < -0.4 is 14.4 Å². The van der Waals surface area contributed by atoms with Gasteiger partial charge in [-0.05, 0) is 117 Å². The van der Waals surface area contributed by atoms with Crippen molar-refractivity contribution >= 4 is 16.9 Å². The van der Waals surface area contributed by atoms with E-state index in [-0.39, 0.29) is 12.2 Å². The van der Waals surface area contributed by atoms with Crippen molar-refractivity contribution in [2.45, 2.75) is 30.5 Å². The topological polar surface area (TPSA) is 21.7 Å². The second kappa shape index (κ2) is 13.0. The first-order chi connectivity index (χ1) is 28.8. The van der Waals surface area contributed by atoms with E-state index in [4.69, 9.17) is 9.47 Å². The van der Waals surface area contributed by atoms with E-state index in [0.717, 1.165) is 52.4 Å². The summed E-state index contributed by atoms with van der Waals surface area (Å²) in [4.78, 5) is 2.38. The summed E-state index contributed by atoms with van der Waals surface area (Å²) in [6, 6.07) is 59.6. The van der Waals surface area contributed by atoms with Gasteiger partial charge in [0, 0.05) is 22.5 Å². The normalized spacial score (nSPS) is 18.3. The molecule has 58 heavy (non-hydrogen) atoms. The van der Waals surface area contributed by atoms with Gasteiger partial charge in [0.15, 0.2) is 23.7 Å². The molecule has 0 N–H and O–H groups in total. The van der Waals surface area contributed by atoms with Gasteiger partial charge in [0.2, 0.25) is 0 Å². The average molecular weight is 746 g/mol. The Balaban J connectivity index is 0.949. The maximum atomic E-state index is 7.18. The predicted molar refractivity (Wildman–Crippen MR) is 236 cm³/mol. The molecule has 0 fully saturated rings. The highest BCUT2D eigenvalue weighted by Crippen LogP contribution is 2.64. The summed E-state index contributed by atoms with van der Waals surface area (Å²) >= 11 is 0. The fraction of sp³-hybridized carbons (Fsp3) is 0.0909. The lowest BCUT2D eigenvalue weighted by Gasteiger charge is -2.37. The number of para-hydroxylation sites is 2. The zero-order valence-electron chi connectivity index (χ0n) is 31.9. The van der Waals surface area contributed by atoms with Crippen LogP contribution in [0.25, 0.3) is 39.0 Å². The molecule has 0 aromatic heterocycles. The lowest BCUT2D eigenvalue weighted by atomic mass is 9.70. The number of anilines is 2. The van der Waals surface area contributed by atoms with Crippen LogP contribution in [0.2, 0.25) is 0 Å². The quantitative estimate of drug-likeness (QED) is 0.175. The number of ether oxygens (including phenoxy) is 2. The Hall–Kier alpha value is -7.10. The smallest absolute Gasteiger partial charge is 0.165 e. The van der Waals surface area contributed by atoms with Crippen LogP contribution in [0.4, 0.5) is 11.4 Å².